The summed E-state index contributed by atoms with van der Waals surface area (Å²) in [4.78, 5) is 0. The molecule has 1 saturated carbocycles. The fraction of sp³-hybridized carbons (Fsp3) is 0.667. The van der Waals surface area contributed by atoms with Crippen LogP contribution in [0.4, 0.5) is 0 Å². The molecule has 3 unspecified atom stereocenters. The summed E-state index contributed by atoms with van der Waals surface area (Å²) in [6.07, 6.45) is 2.88. The SMILES string of the molecule is CC1CCC(NS(=O)(=O)c2cc(Cl)c(Br)s2)CC1C. The van der Waals surface area contributed by atoms with E-state index in [-0.39, 0.29) is 10.3 Å². The summed E-state index contributed by atoms with van der Waals surface area (Å²) in [6.45, 7) is 4.41. The molecule has 1 aromatic rings. The summed E-state index contributed by atoms with van der Waals surface area (Å²) in [6, 6.07) is 1.53. The molecule has 0 amide bonds. The van der Waals surface area contributed by atoms with Crippen molar-refractivity contribution in [2.75, 3.05) is 0 Å². The summed E-state index contributed by atoms with van der Waals surface area (Å²) in [5.41, 5.74) is 0. The zero-order valence-electron chi connectivity index (χ0n) is 10.8. The van der Waals surface area contributed by atoms with Gasteiger partial charge in [-0.1, -0.05) is 25.4 Å². The molecule has 0 aliphatic heterocycles. The van der Waals surface area contributed by atoms with E-state index in [4.69, 9.17) is 11.6 Å². The maximum Gasteiger partial charge on any atom is 0.250 e. The molecule has 0 bridgehead atoms. The minimum absolute atomic E-state index is 0.0378. The highest BCUT2D eigenvalue weighted by Crippen LogP contribution is 2.35. The molecule has 1 fully saturated rings. The van der Waals surface area contributed by atoms with E-state index in [1.807, 2.05) is 0 Å². The van der Waals surface area contributed by atoms with Crippen molar-refractivity contribution in [2.24, 2.45) is 11.8 Å². The molecule has 0 radical (unpaired) electrons. The average molecular weight is 387 g/mol. The second kappa shape index (κ2) is 6.02. The smallest absolute Gasteiger partial charge is 0.207 e. The van der Waals surface area contributed by atoms with E-state index in [9.17, 15) is 8.42 Å². The second-order valence-electron chi connectivity index (χ2n) is 5.27. The third kappa shape index (κ3) is 3.73. The predicted molar refractivity (Wildman–Crippen MR) is 83.3 cm³/mol. The van der Waals surface area contributed by atoms with Crippen LogP contribution in [-0.2, 0) is 10.0 Å². The van der Waals surface area contributed by atoms with Gasteiger partial charge in [0.25, 0.3) is 0 Å². The topological polar surface area (TPSA) is 46.2 Å². The molecular formula is C12H17BrClNO2S2. The Morgan fingerprint density at radius 2 is 2.05 bits per heavy atom. The molecule has 0 saturated heterocycles. The van der Waals surface area contributed by atoms with Gasteiger partial charge in [-0.25, -0.2) is 13.1 Å². The quantitative estimate of drug-likeness (QED) is 0.843. The van der Waals surface area contributed by atoms with E-state index in [1.54, 1.807) is 0 Å². The summed E-state index contributed by atoms with van der Waals surface area (Å²) in [5.74, 6) is 1.23. The zero-order valence-corrected chi connectivity index (χ0v) is 14.8. The summed E-state index contributed by atoms with van der Waals surface area (Å²) >= 11 is 10.3. The lowest BCUT2D eigenvalue weighted by Crippen LogP contribution is -2.39. The molecule has 0 aromatic carbocycles. The van der Waals surface area contributed by atoms with Crippen LogP contribution in [0.25, 0.3) is 0 Å². The van der Waals surface area contributed by atoms with E-state index >= 15 is 0 Å². The number of rotatable bonds is 3. The molecular weight excluding hydrogens is 370 g/mol. The predicted octanol–water partition coefficient (Wildman–Crippen LogP) is 4.27. The Morgan fingerprint density at radius 3 is 2.58 bits per heavy atom. The van der Waals surface area contributed by atoms with Crippen LogP contribution in [0.2, 0.25) is 5.02 Å². The van der Waals surface area contributed by atoms with Crippen LogP contribution in [0.3, 0.4) is 0 Å². The molecule has 7 heteroatoms. The lowest BCUT2D eigenvalue weighted by atomic mass is 9.79. The van der Waals surface area contributed by atoms with E-state index in [1.165, 1.54) is 6.07 Å². The number of thiophene rings is 1. The van der Waals surface area contributed by atoms with Gasteiger partial charge in [0.1, 0.15) is 4.21 Å². The van der Waals surface area contributed by atoms with Crippen LogP contribution in [0.1, 0.15) is 33.1 Å². The molecule has 0 spiro atoms. The van der Waals surface area contributed by atoms with Gasteiger partial charge in [-0.05, 0) is 53.1 Å². The Balaban J connectivity index is 2.09. The highest BCUT2D eigenvalue weighted by atomic mass is 79.9. The third-order valence-electron chi connectivity index (χ3n) is 3.81. The molecule has 3 atom stereocenters. The first-order valence-electron chi connectivity index (χ1n) is 6.26. The molecule has 2 rings (SSSR count). The van der Waals surface area contributed by atoms with Gasteiger partial charge in [0.05, 0.1) is 8.81 Å². The Morgan fingerprint density at radius 1 is 1.37 bits per heavy atom. The molecule has 19 heavy (non-hydrogen) atoms. The molecule has 1 heterocycles. The van der Waals surface area contributed by atoms with Crippen LogP contribution < -0.4 is 4.72 Å². The Bertz CT molecular complexity index is 539. The van der Waals surface area contributed by atoms with E-state index in [0.717, 1.165) is 30.6 Å². The third-order valence-corrected chi connectivity index (χ3v) is 8.28. The van der Waals surface area contributed by atoms with Crippen LogP contribution >= 0.6 is 38.9 Å². The Labute approximate surface area is 131 Å². The average Bonchev–Trinajstić information content (AvgIpc) is 2.65. The van der Waals surface area contributed by atoms with Gasteiger partial charge in [-0.3, -0.25) is 0 Å². The second-order valence-corrected chi connectivity index (χ2v) is 9.99. The van der Waals surface area contributed by atoms with Gasteiger partial charge in [0.15, 0.2) is 0 Å². The van der Waals surface area contributed by atoms with Gasteiger partial charge in [0.2, 0.25) is 10.0 Å². The highest BCUT2D eigenvalue weighted by Gasteiger charge is 2.29. The Hall–Kier alpha value is 0.380. The number of hydrogen-bond acceptors (Lipinski definition) is 3. The fourth-order valence-corrected chi connectivity index (χ4v) is 6.09. The minimum atomic E-state index is -3.45. The summed E-state index contributed by atoms with van der Waals surface area (Å²) in [5, 5.41) is 0.441. The lowest BCUT2D eigenvalue weighted by Gasteiger charge is -2.32. The van der Waals surface area contributed by atoms with E-state index in [0.29, 0.717) is 20.6 Å². The fourth-order valence-electron chi connectivity index (χ4n) is 2.39. The Kier molecular flexibility index (Phi) is 4.99. The number of sulfonamides is 1. The van der Waals surface area contributed by atoms with Crippen molar-refractivity contribution in [1.82, 2.24) is 4.72 Å². The molecule has 108 valence electrons. The van der Waals surface area contributed by atoms with E-state index in [2.05, 4.69) is 34.5 Å². The largest absolute Gasteiger partial charge is 0.250 e. The molecule has 1 aromatic heterocycles. The monoisotopic (exact) mass is 385 g/mol. The first kappa shape index (κ1) is 15.8. The van der Waals surface area contributed by atoms with Crippen LogP contribution in [0.5, 0.6) is 0 Å². The summed E-state index contributed by atoms with van der Waals surface area (Å²) in [7, 11) is -3.45. The molecule has 1 aliphatic rings. The van der Waals surface area contributed by atoms with Crippen molar-refractivity contribution in [3.8, 4) is 0 Å². The minimum Gasteiger partial charge on any atom is -0.207 e. The van der Waals surface area contributed by atoms with Gasteiger partial charge in [-0.2, -0.15) is 0 Å². The van der Waals surface area contributed by atoms with Crippen molar-refractivity contribution >= 4 is 48.9 Å². The van der Waals surface area contributed by atoms with Crippen molar-refractivity contribution in [2.45, 2.75) is 43.4 Å². The zero-order chi connectivity index (χ0) is 14.2. The number of nitrogens with one attached hydrogen (secondary N) is 1. The maximum absolute atomic E-state index is 12.3. The van der Waals surface area contributed by atoms with Crippen molar-refractivity contribution in [3.63, 3.8) is 0 Å². The summed E-state index contributed by atoms with van der Waals surface area (Å²) < 4.78 is 28.3. The van der Waals surface area contributed by atoms with E-state index < -0.39 is 10.0 Å². The molecule has 3 nitrogen and oxygen atoms in total. The maximum atomic E-state index is 12.3. The normalized spacial score (nSPS) is 28.5. The van der Waals surface area contributed by atoms with Crippen LogP contribution in [-0.4, -0.2) is 14.5 Å². The van der Waals surface area contributed by atoms with Crippen LogP contribution in [0, 0.1) is 11.8 Å². The highest BCUT2D eigenvalue weighted by molar-refractivity contribution is 9.11. The van der Waals surface area contributed by atoms with Crippen LogP contribution in [0.15, 0.2) is 14.1 Å². The van der Waals surface area contributed by atoms with Crippen molar-refractivity contribution in [1.29, 1.82) is 0 Å². The van der Waals surface area contributed by atoms with Gasteiger partial charge < -0.3 is 0 Å². The van der Waals surface area contributed by atoms with Gasteiger partial charge >= 0.3 is 0 Å². The standard InChI is InChI=1S/C12H17BrClNO2S2/c1-7-3-4-9(5-8(7)2)15-19(16,17)11-6-10(14)12(13)18-11/h6-9,15H,3-5H2,1-2H3. The van der Waals surface area contributed by atoms with Gasteiger partial charge in [-0.15, -0.1) is 11.3 Å². The molecule has 1 N–H and O–H groups in total. The molecule has 1 aliphatic carbocycles. The first-order valence-corrected chi connectivity index (χ1v) is 9.74. The number of halogens is 2. The van der Waals surface area contributed by atoms with Crippen molar-refractivity contribution in [3.05, 3.63) is 14.9 Å². The van der Waals surface area contributed by atoms with Gasteiger partial charge in [0, 0.05) is 6.04 Å². The lowest BCUT2D eigenvalue weighted by molar-refractivity contribution is 0.242. The van der Waals surface area contributed by atoms with Crippen molar-refractivity contribution < 1.29 is 8.42 Å². The number of hydrogen-bond donors (Lipinski definition) is 1. The first-order chi connectivity index (χ1) is 8.79.